The van der Waals surface area contributed by atoms with Gasteiger partial charge in [0.25, 0.3) is 0 Å². The second kappa shape index (κ2) is 14.0. The Hall–Kier alpha value is -2.76. The fourth-order valence-electron chi connectivity index (χ4n) is 4.48. The molecule has 2 aromatic carbocycles. The lowest BCUT2D eigenvalue weighted by molar-refractivity contribution is 0.122. The zero-order valence-corrected chi connectivity index (χ0v) is 24.0. The number of benzene rings is 2. The van der Waals surface area contributed by atoms with Crippen molar-refractivity contribution in [3.05, 3.63) is 66.2 Å². The standard InChI is InChI=1S/C27H29BFN5OS.CH3FS/c1-3-9-34(36-18(2)19-5-4-6-21(28)14-19)25-8-7-20(15-23(25)29)24-16-22-26(32-24)30-17-31-27(22)33-10-12-35-13-11-33;1-3-2/h4-8,14-18H,3,9-13H2,1-2H3,(H,30,31,32);1H3. The maximum absolute atomic E-state index is 15.5. The summed E-state index contributed by atoms with van der Waals surface area (Å²) < 4.78 is 33.2. The van der Waals surface area contributed by atoms with E-state index >= 15 is 4.39 Å². The van der Waals surface area contributed by atoms with E-state index in [0.29, 0.717) is 18.9 Å². The molecule has 5 rings (SSSR count). The van der Waals surface area contributed by atoms with Gasteiger partial charge in [0.05, 0.1) is 24.3 Å². The molecule has 39 heavy (non-hydrogen) atoms. The molecule has 1 atom stereocenters. The summed E-state index contributed by atoms with van der Waals surface area (Å²) in [6, 6.07) is 15.3. The van der Waals surface area contributed by atoms with Crippen molar-refractivity contribution in [2.75, 3.05) is 48.3 Å². The SMILES string of the molecule is CSF.[B]c1cccc(C(C)SN(CCC)c2ccc(-c3cc4c(N5CCOCC5)ncnc4[nH]3)cc2F)c1. The number of nitrogens with zero attached hydrogens (tertiary/aromatic N) is 4. The maximum Gasteiger partial charge on any atom is 0.148 e. The number of hydrogen-bond donors (Lipinski definition) is 1. The van der Waals surface area contributed by atoms with Crippen LogP contribution in [0.15, 0.2) is 54.9 Å². The van der Waals surface area contributed by atoms with Gasteiger partial charge >= 0.3 is 0 Å². The minimum Gasteiger partial charge on any atom is -0.378 e. The summed E-state index contributed by atoms with van der Waals surface area (Å²) in [5.41, 5.74) is 4.75. The molecule has 2 aromatic heterocycles. The lowest BCUT2D eigenvalue weighted by atomic mass is 9.94. The number of fused-ring (bicyclic) bond motifs is 1. The minimum atomic E-state index is -0.258. The first-order valence-electron chi connectivity index (χ1n) is 12.9. The average Bonchev–Trinajstić information content (AvgIpc) is 3.38. The zero-order chi connectivity index (χ0) is 27.8. The van der Waals surface area contributed by atoms with E-state index in [0.717, 1.165) is 65.2 Å². The summed E-state index contributed by atoms with van der Waals surface area (Å²) in [4.78, 5) is 14.5. The Morgan fingerprint density at radius 2 is 1.92 bits per heavy atom. The van der Waals surface area contributed by atoms with Crippen LogP contribution in [0.25, 0.3) is 22.3 Å². The highest BCUT2D eigenvalue weighted by molar-refractivity contribution is 8.00. The number of ether oxygens (including phenoxy) is 1. The Morgan fingerprint density at radius 1 is 1.15 bits per heavy atom. The van der Waals surface area contributed by atoms with Gasteiger partial charge in [-0.25, -0.2) is 14.4 Å². The molecule has 6 nitrogen and oxygen atoms in total. The molecule has 1 saturated heterocycles. The summed E-state index contributed by atoms with van der Waals surface area (Å²) >= 11 is 1.87. The van der Waals surface area contributed by atoms with Crippen LogP contribution in [0.1, 0.15) is 31.1 Å². The van der Waals surface area contributed by atoms with Crippen molar-refractivity contribution >= 4 is 59.9 Å². The van der Waals surface area contributed by atoms with Crippen molar-refractivity contribution in [3.63, 3.8) is 0 Å². The molecule has 11 heteroatoms. The lowest BCUT2D eigenvalue weighted by Crippen LogP contribution is -2.36. The van der Waals surface area contributed by atoms with E-state index < -0.39 is 0 Å². The number of halogens is 2. The van der Waals surface area contributed by atoms with E-state index in [1.807, 2.05) is 40.7 Å². The third-order valence-electron chi connectivity index (χ3n) is 6.33. The van der Waals surface area contributed by atoms with Crippen molar-refractivity contribution in [2.24, 2.45) is 0 Å². The van der Waals surface area contributed by atoms with Gasteiger partial charge in [-0.3, -0.25) is 0 Å². The van der Waals surface area contributed by atoms with Crippen molar-refractivity contribution in [2.45, 2.75) is 25.5 Å². The van der Waals surface area contributed by atoms with Crippen molar-refractivity contribution in [1.82, 2.24) is 15.0 Å². The molecule has 0 amide bonds. The molecule has 1 N–H and O–H groups in total. The smallest absolute Gasteiger partial charge is 0.148 e. The topological polar surface area (TPSA) is 57.3 Å². The van der Waals surface area contributed by atoms with Gasteiger partial charge in [0.15, 0.2) is 0 Å². The number of aromatic amines is 1. The largest absolute Gasteiger partial charge is 0.378 e. The summed E-state index contributed by atoms with van der Waals surface area (Å²) in [6.45, 7) is 7.88. The first-order valence-corrected chi connectivity index (χ1v) is 14.8. The summed E-state index contributed by atoms with van der Waals surface area (Å²) in [6.07, 6.45) is 3.85. The van der Waals surface area contributed by atoms with Crippen LogP contribution in [0.2, 0.25) is 0 Å². The fraction of sp³-hybridized carbons (Fsp3) is 0.357. The fourth-order valence-corrected chi connectivity index (χ4v) is 5.68. The Kier molecular flexibility index (Phi) is 10.5. The summed E-state index contributed by atoms with van der Waals surface area (Å²) in [7, 11) is 5.97. The monoisotopic (exact) mass is 567 g/mol. The van der Waals surface area contributed by atoms with Crippen LogP contribution >= 0.6 is 24.1 Å². The van der Waals surface area contributed by atoms with Gasteiger partial charge in [0.2, 0.25) is 0 Å². The Labute approximate surface area is 238 Å². The second-order valence-corrected chi connectivity index (χ2v) is 10.7. The third kappa shape index (κ3) is 7.26. The highest BCUT2D eigenvalue weighted by Gasteiger charge is 2.20. The number of rotatable bonds is 8. The molecule has 1 aliphatic rings. The van der Waals surface area contributed by atoms with Crippen LogP contribution in [-0.2, 0) is 4.74 Å². The average molecular weight is 568 g/mol. The van der Waals surface area contributed by atoms with E-state index in [-0.39, 0.29) is 23.2 Å². The lowest BCUT2D eigenvalue weighted by Gasteiger charge is -2.27. The number of morpholine rings is 1. The van der Waals surface area contributed by atoms with Gasteiger partial charge in [-0.15, -0.1) is 0 Å². The second-order valence-electron chi connectivity index (χ2n) is 9.08. The highest BCUT2D eigenvalue weighted by Crippen LogP contribution is 2.37. The van der Waals surface area contributed by atoms with Crippen LogP contribution < -0.4 is 14.7 Å². The molecule has 0 spiro atoms. The van der Waals surface area contributed by atoms with E-state index in [1.165, 1.54) is 6.26 Å². The van der Waals surface area contributed by atoms with Gasteiger partial charge in [0, 0.05) is 54.5 Å². The summed E-state index contributed by atoms with van der Waals surface area (Å²) in [5.74, 6) is 0.621. The van der Waals surface area contributed by atoms with Crippen LogP contribution in [-0.4, -0.2) is 61.9 Å². The normalized spacial score (nSPS) is 14.1. The first kappa shape index (κ1) is 29.2. The van der Waals surface area contributed by atoms with Gasteiger partial charge in [0.1, 0.15) is 31.5 Å². The highest BCUT2D eigenvalue weighted by atomic mass is 32.2. The zero-order valence-electron chi connectivity index (χ0n) is 22.4. The molecular weight excluding hydrogens is 535 g/mol. The summed E-state index contributed by atoms with van der Waals surface area (Å²) in [5, 5.41) is 1.06. The molecule has 0 saturated carbocycles. The predicted molar refractivity (Wildman–Crippen MR) is 162 cm³/mol. The number of anilines is 2. The number of hydrogen-bond acceptors (Lipinski definition) is 7. The molecule has 1 aliphatic heterocycles. The third-order valence-corrected chi connectivity index (χ3v) is 7.56. The van der Waals surface area contributed by atoms with Gasteiger partial charge in [-0.1, -0.05) is 42.7 Å². The maximum atomic E-state index is 15.5. The van der Waals surface area contributed by atoms with E-state index in [4.69, 9.17) is 12.6 Å². The quantitative estimate of drug-likeness (QED) is 0.199. The predicted octanol–water partition coefficient (Wildman–Crippen LogP) is 6.25. The van der Waals surface area contributed by atoms with Crippen LogP contribution in [0.5, 0.6) is 0 Å². The molecule has 1 unspecified atom stereocenters. The molecule has 3 heterocycles. The van der Waals surface area contributed by atoms with Crippen molar-refractivity contribution < 1.29 is 13.0 Å². The Balaban J connectivity index is 0.00000112. The molecular formula is C28H32BF2N5OS2. The van der Waals surface area contributed by atoms with Crippen molar-refractivity contribution in [3.8, 4) is 11.3 Å². The van der Waals surface area contributed by atoms with Crippen LogP contribution in [0, 0.1) is 5.82 Å². The Bertz CT molecular complexity index is 1370. The number of nitrogens with one attached hydrogen (secondary N) is 1. The van der Waals surface area contributed by atoms with Crippen molar-refractivity contribution in [1.29, 1.82) is 0 Å². The number of H-pyrrole nitrogens is 1. The number of aromatic nitrogens is 3. The van der Waals surface area contributed by atoms with E-state index in [1.54, 1.807) is 24.3 Å². The van der Waals surface area contributed by atoms with E-state index in [9.17, 15) is 3.89 Å². The molecule has 0 aliphatic carbocycles. The molecule has 1 fully saturated rings. The van der Waals surface area contributed by atoms with Gasteiger partial charge in [-0.2, -0.15) is 3.89 Å². The Morgan fingerprint density at radius 3 is 2.62 bits per heavy atom. The molecule has 0 bridgehead atoms. The molecule has 4 aromatic rings. The van der Waals surface area contributed by atoms with Crippen LogP contribution in [0.3, 0.4) is 0 Å². The van der Waals surface area contributed by atoms with Gasteiger partial charge < -0.3 is 18.9 Å². The van der Waals surface area contributed by atoms with Crippen LogP contribution in [0.4, 0.5) is 19.8 Å². The van der Waals surface area contributed by atoms with Gasteiger partial charge in [-0.05, 0) is 49.1 Å². The first-order chi connectivity index (χ1) is 18.9. The minimum absolute atomic E-state index is 0.130. The van der Waals surface area contributed by atoms with E-state index in [2.05, 4.69) is 39.8 Å². The molecule has 204 valence electrons. The molecule has 2 radical (unpaired) electrons.